The van der Waals surface area contributed by atoms with E-state index in [-0.39, 0.29) is 6.04 Å². The first-order valence-corrected chi connectivity index (χ1v) is 3.61. The van der Waals surface area contributed by atoms with E-state index in [0.717, 1.165) is 6.29 Å². The van der Waals surface area contributed by atoms with Crippen LogP contribution in [0.5, 0.6) is 0 Å². The third-order valence-corrected chi connectivity index (χ3v) is 2.56. The SMILES string of the molecule is O=CC1NC2CCC1C2. The molecule has 0 radical (unpaired) electrons. The smallest absolute Gasteiger partial charge is 0.137 e. The Morgan fingerprint density at radius 3 is 2.67 bits per heavy atom. The van der Waals surface area contributed by atoms with Crippen molar-refractivity contribution in [2.24, 2.45) is 5.92 Å². The number of carbonyl (C=O) groups excluding carboxylic acids is 1. The van der Waals surface area contributed by atoms with Crippen LogP contribution in [0.15, 0.2) is 0 Å². The molecule has 0 aromatic rings. The number of carbonyl (C=O) groups is 1. The summed E-state index contributed by atoms with van der Waals surface area (Å²) in [5, 5.41) is 3.27. The molecule has 2 nitrogen and oxygen atoms in total. The van der Waals surface area contributed by atoms with E-state index in [1.807, 2.05) is 0 Å². The largest absolute Gasteiger partial charge is 0.305 e. The molecule has 2 aliphatic rings. The fourth-order valence-corrected chi connectivity index (χ4v) is 2.05. The first-order chi connectivity index (χ1) is 4.40. The van der Waals surface area contributed by atoms with Crippen LogP contribution in [0.4, 0.5) is 0 Å². The van der Waals surface area contributed by atoms with Crippen molar-refractivity contribution in [2.75, 3.05) is 0 Å². The minimum atomic E-state index is 0.198. The molecular formula is C7H11NO. The molecule has 0 amide bonds. The predicted molar refractivity (Wildman–Crippen MR) is 34.1 cm³/mol. The molecule has 0 spiro atoms. The Balaban J connectivity index is 2.09. The van der Waals surface area contributed by atoms with Crippen molar-refractivity contribution in [3.8, 4) is 0 Å². The van der Waals surface area contributed by atoms with E-state index in [1.54, 1.807) is 0 Å². The highest BCUT2D eigenvalue weighted by molar-refractivity contribution is 5.59. The minimum Gasteiger partial charge on any atom is -0.305 e. The highest BCUT2D eigenvalue weighted by Gasteiger charge is 2.38. The molecule has 0 aromatic carbocycles. The summed E-state index contributed by atoms with van der Waals surface area (Å²) < 4.78 is 0. The lowest BCUT2D eigenvalue weighted by atomic mass is 10.0. The van der Waals surface area contributed by atoms with Crippen LogP contribution in [-0.4, -0.2) is 18.4 Å². The summed E-state index contributed by atoms with van der Waals surface area (Å²) in [6, 6.07) is 0.869. The van der Waals surface area contributed by atoms with Gasteiger partial charge in [-0.15, -0.1) is 0 Å². The van der Waals surface area contributed by atoms with E-state index >= 15 is 0 Å². The van der Waals surface area contributed by atoms with Crippen molar-refractivity contribution >= 4 is 6.29 Å². The zero-order valence-electron chi connectivity index (χ0n) is 5.34. The topological polar surface area (TPSA) is 29.1 Å². The Hall–Kier alpha value is -0.370. The second-order valence-corrected chi connectivity index (χ2v) is 3.10. The molecule has 1 heterocycles. The number of hydrogen-bond donors (Lipinski definition) is 1. The van der Waals surface area contributed by atoms with Gasteiger partial charge >= 0.3 is 0 Å². The quantitative estimate of drug-likeness (QED) is 0.511. The first kappa shape index (κ1) is 5.42. The van der Waals surface area contributed by atoms with Crippen molar-refractivity contribution in [1.29, 1.82) is 0 Å². The number of rotatable bonds is 1. The number of aldehydes is 1. The van der Waals surface area contributed by atoms with Crippen molar-refractivity contribution in [1.82, 2.24) is 5.32 Å². The van der Waals surface area contributed by atoms with Crippen LogP contribution in [0, 0.1) is 5.92 Å². The monoisotopic (exact) mass is 125 g/mol. The molecule has 1 N–H and O–H groups in total. The molecule has 3 atom stereocenters. The molecule has 0 aromatic heterocycles. The fourth-order valence-electron chi connectivity index (χ4n) is 2.05. The normalized spacial score (nSPS) is 47.8. The third-order valence-electron chi connectivity index (χ3n) is 2.56. The van der Waals surface area contributed by atoms with E-state index in [2.05, 4.69) is 5.32 Å². The van der Waals surface area contributed by atoms with Crippen LogP contribution in [0.1, 0.15) is 19.3 Å². The summed E-state index contributed by atoms with van der Waals surface area (Å²) >= 11 is 0. The summed E-state index contributed by atoms with van der Waals surface area (Å²) in [5.74, 6) is 0.674. The standard InChI is InChI=1S/C7H11NO/c9-4-7-5-1-2-6(3-5)8-7/h4-8H,1-3H2. The summed E-state index contributed by atoms with van der Waals surface area (Å²) in [7, 11) is 0. The third kappa shape index (κ3) is 0.697. The summed E-state index contributed by atoms with van der Waals surface area (Å²) in [5.41, 5.74) is 0. The van der Waals surface area contributed by atoms with Crippen LogP contribution in [-0.2, 0) is 4.79 Å². The Labute approximate surface area is 54.6 Å². The van der Waals surface area contributed by atoms with Gasteiger partial charge in [0.05, 0.1) is 6.04 Å². The van der Waals surface area contributed by atoms with Gasteiger partial charge in [0.2, 0.25) is 0 Å². The molecule has 1 aliphatic heterocycles. The molecule has 1 saturated heterocycles. The molecule has 50 valence electrons. The van der Waals surface area contributed by atoms with Crippen LogP contribution >= 0.6 is 0 Å². The number of hydrogen-bond acceptors (Lipinski definition) is 2. The average Bonchev–Trinajstić information content (AvgIpc) is 2.45. The average molecular weight is 125 g/mol. The maximum Gasteiger partial charge on any atom is 0.137 e. The Bertz CT molecular complexity index is 135. The van der Waals surface area contributed by atoms with Gasteiger partial charge in [-0.3, -0.25) is 0 Å². The molecular weight excluding hydrogens is 114 g/mol. The van der Waals surface area contributed by atoms with Crippen LogP contribution < -0.4 is 5.32 Å². The lowest BCUT2D eigenvalue weighted by Gasteiger charge is -2.16. The maximum absolute atomic E-state index is 10.3. The van der Waals surface area contributed by atoms with Crippen molar-refractivity contribution in [3.63, 3.8) is 0 Å². The molecule has 1 saturated carbocycles. The van der Waals surface area contributed by atoms with Gasteiger partial charge in [0.25, 0.3) is 0 Å². The lowest BCUT2D eigenvalue weighted by molar-refractivity contribution is -0.110. The summed E-state index contributed by atoms with van der Waals surface area (Å²) in [6.07, 6.45) is 4.85. The van der Waals surface area contributed by atoms with E-state index in [4.69, 9.17) is 0 Å². The highest BCUT2D eigenvalue weighted by Crippen LogP contribution is 2.34. The van der Waals surface area contributed by atoms with Gasteiger partial charge in [0.15, 0.2) is 0 Å². The number of nitrogens with one attached hydrogen (secondary N) is 1. The number of piperidine rings is 1. The van der Waals surface area contributed by atoms with Gasteiger partial charge in [-0.2, -0.15) is 0 Å². The van der Waals surface area contributed by atoms with Crippen molar-refractivity contribution in [2.45, 2.75) is 31.3 Å². The van der Waals surface area contributed by atoms with Gasteiger partial charge in [-0.25, -0.2) is 0 Å². The summed E-state index contributed by atoms with van der Waals surface area (Å²) in [6.45, 7) is 0. The Morgan fingerprint density at radius 2 is 2.33 bits per heavy atom. The van der Waals surface area contributed by atoms with Crippen LogP contribution in [0.2, 0.25) is 0 Å². The van der Waals surface area contributed by atoms with Crippen LogP contribution in [0.25, 0.3) is 0 Å². The number of fused-ring (bicyclic) bond motifs is 2. The summed E-state index contributed by atoms with van der Waals surface area (Å²) in [4.78, 5) is 10.3. The minimum absolute atomic E-state index is 0.198. The first-order valence-electron chi connectivity index (χ1n) is 3.61. The second kappa shape index (κ2) is 1.81. The Morgan fingerprint density at radius 1 is 1.44 bits per heavy atom. The van der Waals surface area contributed by atoms with Gasteiger partial charge in [0, 0.05) is 6.04 Å². The molecule has 1 aliphatic carbocycles. The van der Waals surface area contributed by atoms with Crippen molar-refractivity contribution < 1.29 is 4.79 Å². The van der Waals surface area contributed by atoms with Gasteiger partial charge < -0.3 is 10.1 Å². The van der Waals surface area contributed by atoms with Gasteiger partial charge in [-0.1, -0.05) is 0 Å². The van der Waals surface area contributed by atoms with Crippen LogP contribution in [0.3, 0.4) is 0 Å². The highest BCUT2D eigenvalue weighted by atomic mass is 16.1. The van der Waals surface area contributed by atoms with E-state index in [1.165, 1.54) is 19.3 Å². The Kier molecular flexibility index (Phi) is 1.09. The lowest BCUT2D eigenvalue weighted by Crippen LogP contribution is -2.36. The zero-order valence-corrected chi connectivity index (χ0v) is 5.34. The molecule has 2 rings (SSSR count). The van der Waals surface area contributed by atoms with Gasteiger partial charge in [-0.05, 0) is 25.2 Å². The predicted octanol–water partition coefficient (Wildman–Crippen LogP) is 0.326. The van der Waals surface area contributed by atoms with Gasteiger partial charge in [0.1, 0.15) is 6.29 Å². The van der Waals surface area contributed by atoms with E-state index in [9.17, 15) is 4.79 Å². The molecule has 2 bridgehead atoms. The molecule has 2 heteroatoms. The molecule has 9 heavy (non-hydrogen) atoms. The van der Waals surface area contributed by atoms with E-state index in [0.29, 0.717) is 12.0 Å². The molecule has 2 fully saturated rings. The molecule has 3 unspecified atom stereocenters. The zero-order chi connectivity index (χ0) is 6.27. The fraction of sp³-hybridized carbons (Fsp3) is 0.857. The van der Waals surface area contributed by atoms with Crippen molar-refractivity contribution in [3.05, 3.63) is 0 Å². The second-order valence-electron chi connectivity index (χ2n) is 3.10. The van der Waals surface area contributed by atoms with E-state index < -0.39 is 0 Å². The maximum atomic E-state index is 10.3.